The highest BCUT2D eigenvalue weighted by Gasteiger charge is 2.31. The first kappa shape index (κ1) is 9.75. The van der Waals surface area contributed by atoms with E-state index in [1.807, 2.05) is 0 Å². The van der Waals surface area contributed by atoms with Gasteiger partial charge in [-0.15, -0.1) is 0 Å². The number of nitrogens with two attached hydrogens (primary N) is 1. The molecule has 0 bridgehead atoms. The molecule has 62 valence electrons. The zero-order valence-corrected chi connectivity index (χ0v) is 6.07. The predicted molar refractivity (Wildman–Crippen MR) is 33.5 cm³/mol. The summed E-state index contributed by atoms with van der Waals surface area (Å²) in [6.07, 6.45) is -5.01. The lowest BCUT2D eigenvalue weighted by Crippen LogP contribution is -2.32. The van der Waals surface area contributed by atoms with Crippen LogP contribution < -0.4 is 5.73 Å². The Morgan fingerprint density at radius 1 is 1.30 bits per heavy atom. The van der Waals surface area contributed by atoms with Crippen LogP contribution in [-0.2, 0) is 0 Å². The number of halogens is 3. The van der Waals surface area contributed by atoms with Crippen LogP contribution in [0.4, 0.5) is 13.2 Å². The molecule has 0 aromatic heterocycles. The van der Waals surface area contributed by atoms with Gasteiger partial charge in [-0.05, 0) is 5.92 Å². The second-order valence-corrected chi connectivity index (χ2v) is 2.73. The van der Waals surface area contributed by atoms with Gasteiger partial charge in [0.1, 0.15) is 0 Å². The first-order valence-corrected chi connectivity index (χ1v) is 3.15. The highest BCUT2D eigenvalue weighted by atomic mass is 19.4. The average Bonchev–Trinajstić information content (AvgIpc) is 1.60. The molecule has 0 aliphatic carbocycles. The second-order valence-electron chi connectivity index (χ2n) is 2.73. The maximum Gasteiger partial charge on any atom is 0.390 e. The molecular weight excluding hydrogens is 143 g/mol. The normalized spacial score (nSPS) is 15.9. The Morgan fingerprint density at radius 2 is 1.70 bits per heavy atom. The molecule has 0 heterocycles. The Morgan fingerprint density at radius 3 is 1.80 bits per heavy atom. The van der Waals surface area contributed by atoms with Crippen molar-refractivity contribution in [2.75, 3.05) is 0 Å². The molecule has 0 saturated carbocycles. The van der Waals surface area contributed by atoms with E-state index >= 15 is 0 Å². The largest absolute Gasteiger partial charge is 0.390 e. The van der Waals surface area contributed by atoms with Crippen molar-refractivity contribution in [3.8, 4) is 0 Å². The van der Waals surface area contributed by atoms with Gasteiger partial charge in [-0.3, -0.25) is 0 Å². The summed E-state index contributed by atoms with van der Waals surface area (Å²) in [5.74, 6) is -0.110. The summed E-state index contributed by atoms with van der Waals surface area (Å²) >= 11 is 0. The number of rotatable bonds is 2. The van der Waals surface area contributed by atoms with Gasteiger partial charge in [0, 0.05) is 6.04 Å². The minimum absolute atomic E-state index is 0.110. The zero-order valence-electron chi connectivity index (χ0n) is 6.07. The zero-order chi connectivity index (χ0) is 8.36. The molecule has 0 radical (unpaired) electrons. The molecule has 0 saturated heterocycles. The molecule has 0 rings (SSSR count). The molecule has 0 aromatic carbocycles. The second kappa shape index (κ2) is 3.23. The topological polar surface area (TPSA) is 26.0 Å². The van der Waals surface area contributed by atoms with Gasteiger partial charge in [-0.1, -0.05) is 13.8 Å². The van der Waals surface area contributed by atoms with E-state index in [0.717, 1.165) is 0 Å². The van der Waals surface area contributed by atoms with E-state index in [2.05, 4.69) is 0 Å². The van der Waals surface area contributed by atoms with E-state index in [0.29, 0.717) is 0 Å². The molecule has 10 heavy (non-hydrogen) atoms. The van der Waals surface area contributed by atoms with Gasteiger partial charge in [0.2, 0.25) is 0 Å². The first-order valence-electron chi connectivity index (χ1n) is 3.15. The number of hydrogen-bond donors (Lipinski definition) is 1. The molecule has 0 unspecified atom stereocenters. The van der Waals surface area contributed by atoms with Crippen molar-refractivity contribution in [3.05, 3.63) is 0 Å². The van der Waals surface area contributed by atoms with Crippen molar-refractivity contribution >= 4 is 0 Å². The Labute approximate surface area is 58.4 Å². The quantitative estimate of drug-likeness (QED) is 0.647. The van der Waals surface area contributed by atoms with Gasteiger partial charge < -0.3 is 5.73 Å². The van der Waals surface area contributed by atoms with Crippen molar-refractivity contribution in [1.82, 2.24) is 0 Å². The molecule has 2 N–H and O–H groups in total. The van der Waals surface area contributed by atoms with Crippen LogP contribution in [0.25, 0.3) is 0 Å². The van der Waals surface area contributed by atoms with Crippen LogP contribution >= 0.6 is 0 Å². The third-order valence-electron chi connectivity index (χ3n) is 1.32. The molecule has 0 aromatic rings. The van der Waals surface area contributed by atoms with Crippen molar-refractivity contribution in [2.24, 2.45) is 11.7 Å². The van der Waals surface area contributed by atoms with Gasteiger partial charge in [-0.25, -0.2) is 0 Å². The number of alkyl halides is 3. The van der Waals surface area contributed by atoms with E-state index in [9.17, 15) is 13.2 Å². The first-order chi connectivity index (χ1) is 4.33. The lowest BCUT2D eigenvalue weighted by molar-refractivity contribution is -0.140. The summed E-state index contributed by atoms with van der Waals surface area (Å²) in [4.78, 5) is 0. The van der Waals surface area contributed by atoms with Crippen LogP contribution in [0.2, 0.25) is 0 Å². The van der Waals surface area contributed by atoms with Gasteiger partial charge in [0.25, 0.3) is 0 Å². The fraction of sp³-hybridized carbons (Fsp3) is 1.00. The molecule has 1 atom stereocenters. The Kier molecular flexibility index (Phi) is 3.15. The molecule has 1 nitrogen and oxygen atoms in total. The molecular formula is C6H12F3N. The standard InChI is InChI=1S/C6H12F3N/c1-4(2)5(10)3-6(7,8)9/h4-5H,3,10H2,1-2H3/t5-/m0/s1. The summed E-state index contributed by atoms with van der Waals surface area (Å²) in [6.45, 7) is 3.35. The predicted octanol–water partition coefficient (Wildman–Crippen LogP) is 1.92. The fourth-order valence-electron chi connectivity index (χ4n) is 0.503. The van der Waals surface area contributed by atoms with E-state index < -0.39 is 18.6 Å². The van der Waals surface area contributed by atoms with Crippen molar-refractivity contribution in [1.29, 1.82) is 0 Å². The van der Waals surface area contributed by atoms with E-state index in [1.54, 1.807) is 13.8 Å². The SMILES string of the molecule is CC(C)[C@@H](N)CC(F)(F)F. The van der Waals surface area contributed by atoms with E-state index in [1.165, 1.54) is 0 Å². The van der Waals surface area contributed by atoms with Gasteiger partial charge >= 0.3 is 6.18 Å². The minimum Gasteiger partial charge on any atom is -0.327 e. The summed E-state index contributed by atoms with van der Waals surface area (Å²) in [7, 11) is 0. The summed E-state index contributed by atoms with van der Waals surface area (Å²) < 4.78 is 34.8. The monoisotopic (exact) mass is 155 g/mol. The molecule has 4 heteroatoms. The van der Waals surface area contributed by atoms with Gasteiger partial charge in [0.05, 0.1) is 6.42 Å². The molecule has 0 spiro atoms. The summed E-state index contributed by atoms with van der Waals surface area (Å²) in [6, 6.07) is -0.764. The third-order valence-corrected chi connectivity index (χ3v) is 1.32. The van der Waals surface area contributed by atoms with Crippen LogP contribution in [0.15, 0.2) is 0 Å². The third kappa shape index (κ3) is 4.61. The summed E-state index contributed by atoms with van der Waals surface area (Å²) in [5.41, 5.74) is 5.18. The lowest BCUT2D eigenvalue weighted by atomic mass is 10.0. The highest BCUT2D eigenvalue weighted by Crippen LogP contribution is 2.23. The fourth-order valence-corrected chi connectivity index (χ4v) is 0.503. The van der Waals surface area contributed by atoms with Crippen LogP contribution in [-0.4, -0.2) is 12.2 Å². The Bertz CT molecular complexity index is 97.7. The van der Waals surface area contributed by atoms with Gasteiger partial charge in [-0.2, -0.15) is 13.2 Å². The van der Waals surface area contributed by atoms with E-state index in [-0.39, 0.29) is 5.92 Å². The Balaban J connectivity index is 3.68. The average molecular weight is 155 g/mol. The van der Waals surface area contributed by atoms with Gasteiger partial charge in [0.15, 0.2) is 0 Å². The van der Waals surface area contributed by atoms with Crippen LogP contribution in [0.5, 0.6) is 0 Å². The molecule has 0 aliphatic heterocycles. The van der Waals surface area contributed by atoms with Crippen molar-refractivity contribution in [2.45, 2.75) is 32.5 Å². The lowest BCUT2D eigenvalue weighted by Gasteiger charge is -2.16. The van der Waals surface area contributed by atoms with Crippen LogP contribution in [0.3, 0.4) is 0 Å². The number of hydrogen-bond acceptors (Lipinski definition) is 1. The van der Waals surface area contributed by atoms with Crippen LogP contribution in [0, 0.1) is 5.92 Å². The molecule has 0 aliphatic rings. The van der Waals surface area contributed by atoms with Crippen molar-refractivity contribution in [3.63, 3.8) is 0 Å². The maximum absolute atomic E-state index is 11.6. The summed E-state index contributed by atoms with van der Waals surface area (Å²) in [5, 5.41) is 0. The van der Waals surface area contributed by atoms with E-state index in [4.69, 9.17) is 5.73 Å². The maximum atomic E-state index is 11.6. The van der Waals surface area contributed by atoms with Crippen molar-refractivity contribution < 1.29 is 13.2 Å². The smallest absolute Gasteiger partial charge is 0.327 e. The highest BCUT2D eigenvalue weighted by molar-refractivity contribution is 4.68. The minimum atomic E-state index is -4.12. The van der Waals surface area contributed by atoms with Crippen LogP contribution in [0.1, 0.15) is 20.3 Å². The molecule has 0 amide bonds. The Hall–Kier alpha value is -0.250. The molecule has 0 fully saturated rings.